The fourth-order valence-electron chi connectivity index (χ4n) is 3.02. The van der Waals surface area contributed by atoms with Crippen molar-refractivity contribution >= 4 is 5.95 Å². The van der Waals surface area contributed by atoms with Crippen LogP contribution in [0.2, 0.25) is 0 Å². The maximum atomic E-state index is 12.1. The first-order chi connectivity index (χ1) is 10.1. The highest BCUT2D eigenvalue weighted by molar-refractivity contribution is 5.29. The summed E-state index contributed by atoms with van der Waals surface area (Å²) in [5.41, 5.74) is 0.189. The van der Waals surface area contributed by atoms with Crippen molar-refractivity contribution in [3.05, 3.63) is 40.2 Å². The first kappa shape index (κ1) is 13.9. The standard InChI is InChI=1S/C15H20N4O2/c1-10-6-11(2)9-19(8-10)15-16-14(20)13(17-18-15)7-12-4-3-5-21-12/h3-5,10-11H,6-9H2,1-2H3,(H,16,18,20). The van der Waals surface area contributed by atoms with Crippen LogP contribution in [0.5, 0.6) is 0 Å². The van der Waals surface area contributed by atoms with E-state index >= 15 is 0 Å². The minimum absolute atomic E-state index is 0.192. The Bertz CT molecular complexity index is 640. The molecule has 1 saturated heterocycles. The summed E-state index contributed by atoms with van der Waals surface area (Å²) in [6.45, 7) is 6.26. The van der Waals surface area contributed by atoms with E-state index in [0.29, 0.717) is 35.7 Å². The molecule has 2 aromatic rings. The van der Waals surface area contributed by atoms with Gasteiger partial charge >= 0.3 is 0 Å². The van der Waals surface area contributed by atoms with Gasteiger partial charge in [-0.3, -0.25) is 9.78 Å². The zero-order chi connectivity index (χ0) is 14.8. The Morgan fingerprint density at radius 2 is 2.10 bits per heavy atom. The largest absolute Gasteiger partial charge is 0.469 e. The third-order valence-electron chi connectivity index (χ3n) is 3.84. The summed E-state index contributed by atoms with van der Waals surface area (Å²) in [5.74, 6) is 2.48. The Morgan fingerprint density at radius 3 is 2.71 bits per heavy atom. The van der Waals surface area contributed by atoms with Crippen LogP contribution in [0.25, 0.3) is 0 Å². The van der Waals surface area contributed by atoms with Gasteiger partial charge in [0.15, 0.2) is 0 Å². The lowest BCUT2D eigenvalue weighted by atomic mass is 9.92. The Balaban J connectivity index is 1.79. The van der Waals surface area contributed by atoms with Crippen molar-refractivity contribution < 1.29 is 4.42 Å². The monoisotopic (exact) mass is 288 g/mol. The van der Waals surface area contributed by atoms with E-state index in [2.05, 4.69) is 33.9 Å². The van der Waals surface area contributed by atoms with E-state index in [9.17, 15) is 4.79 Å². The topological polar surface area (TPSA) is 75.0 Å². The Labute approximate surface area is 123 Å². The van der Waals surface area contributed by atoms with E-state index < -0.39 is 0 Å². The number of hydrogen-bond donors (Lipinski definition) is 1. The Morgan fingerprint density at radius 1 is 1.33 bits per heavy atom. The lowest BCUT2D eigenvalue weighted by Gasteiger charge is -2.34. The van der Waals surface area contributed by atoms with Crippen LogP contribution in [0, 0.1) is 11.8 Å². The lowest BCUT2D eigenvalue weighted by Crippen LogP contribution is -2.40. The average molecular weight is 288 g/mol. The maximum Gasteiger partial charge on any atom is 0.274 e. The van der Waals surface area contributed by atoms with Gasteiger partial charge in [0, 0.05) is 13.1 Å². The summed E-state index contributed by atoms with van der Waals surface area (Å²) in [4.78, 5) is 17.1. The molecule has 3 rings (SSSR count). The molecule has 112 valence electrons. The van der Waals surface area contributed by atoms with Crippen molar-refractivity contribution in [2.24, 2.45) is 11.8 Å². The van der Waals surface area contributed by atoms with Crippen molar-refractivity contribution in [2.75, 3.05) is 18.0 Å². The van der Waals surface area contributed by atoms with Gasteiger partial charge in [-0.2, -0.15) is 0 Å². The number of nitrogens with zero attached hydrogens (tertiary/aromatic N) is 3. The summed E-state index contributed by atoms with van der Waals surface area (Å²) in [7, 11) is 0. The molecule has 2 aromatic heterocycles. The first-order valence-electron chi connectivity index (χ1n) is 7.35. The van der Waals surface area contributed by atoms with Crippen LogP contribution in [-0.4, -0.2) is 28.3 Å². The van der Waals surface area contributed by atoms with E-state index in [4.69, 9.17) is 4.42 Å². The average Bonchev–Trinajstić information content (AvgIpc) is 2.93. The second-order valence-electron chi connectivity index (χ2n) is 6.03. The highest BCUT2D eigenvalue weighted by Crippen LogP contribution is 2.23. The highest BCUT2D eigenvalue weighted by atomic mass is 16.3. The first-order valence-corrected chi connectivity index (χ1v) is 7.35. The third-order valence-corrected chi connectivity index (χ3v) is 3.84. The van der Waals surface area contributed by atoms with Crippen LogP contribution in [-0.2, 0) is 6.42 Å². The number of piperidine rings is 1. The fourth-order valence-corrected chi connectivity index (χ4v) is 3.02. The zero-order valence-corrected chi connectivity index (χ0v) is 12.4. The molecule has 0 saturated carbocycles. The second-order valence-corrected chi connectivity index (χ2v) is 6.03. The molecule has 2 atom stereocenters. The van der Waals surface area contributed by atoms with E-state index in [0.717, 1.165) is 13.1 Å². The number of H-pyrrole nitrogens is 1. The number of nitrogens with one attached hydrogen (secondary N) is 1. The van der Waals surface area contributed by atoms with Gasteiger partial charge in [-0.25, -0.2) is 0 Å². The third kappa shape index (κ3) is 3.15. The Hall–Kier alpha value is -2.11. The van der Waals surface area contributed by atoms with Crippen LogP contribution < -0.4 is 10.5 Å². The summed E-state index contributed by atoms with van der Waals surface area (Å²) >= 11 is 0. The van der Waals surface area contributed by atoms with Crippen molar-refractivity contribution in [3.8, 4) is 0 Å². The molecule has 21 heavy (non-hydrogen) atoms. The van der Waals surface area contributed by atoms with Crippen LogP contribution in [0.1, 0.15) is 31.7 Å². The van der Waals surface area contributed by atoms with Gasteiger partial charge in [-0.05, 0) is 30.4 Å². The molecule has 0 spiro atoms. The molecular weight excluding hydrogens is 268 g/mol. The van der Waals surface area contributed by atoms with Crippen molar-refractivity contribution in [3.63, 3.8) is 0 Å². The zero-order valence-electron chi connectivity index (χ0n) is 12.4. The van der Waals surface area contributed by atoms with Gasteiger partial charge in [0.05, 0.1) is 12.7 Å². The molecular formula is C15H20N4O2. The number of anilines is 1. The SMILES string of the molecule is CC1CC(C)CN(c2nnc(Cc3ccco3)c(=O)[nH]2)C1. The minimum atomic E-state index is -0.192. The summed E-state index contributed by atoms with van der Waals surface area (Å²) in [6, 6.07) is 3.62. The smallest absolute Gasteiger partial charge is 0.274 e. The fraction of sp³-hybridized carbons (Fsp3) is 0.533. The summed E-state index contributed by atoms with van der Waals surface area (Å²) < 4.78 is 5.24. The number of hydrogen-bond acceptors (Lipinski definition) is 5. The van der Waals surface area contributed by atoms with Gasteiger partial charge in [-0.15, -0.1) is 10.2 Å². The molecule has 0 amide bonds. The van der Waals surface area contributed by atoms with E-state index in [1.807, 2.05) is 6.07 Å². The number of furan rings is 1. The van der Waals surface area contributed by atoms with Gasteiger partial charge < -0.3 is 9.32 Å². The maximum absolute atomic E-state index is 12.1. The molecule has 0 radical (unpaired) electrons. The van der Waals surface area contributed by atoms with E-state index in [1.165, 1.54) is 6.42 Å². The molecule has 0 aromatic carbocycles. The van der Waals surface area contributed by atoms with Crippen molar-refractivity contribution in [1.82, 2.24) is 15.2 Å². The van der Waals surface area contributed by atoms with Crippen LogP contribution in [0.4, 0.5) is 5.95 Å². The van der Waals surface area contributed by atoms with Crippen molar-refractivity contribution in [1.29, 1.82) is 0 Å². The highest BCUT2D eigenvalue weighted by Gasteiger charge is 2.24. The molecule has 6 nitrogen and oxygen atoms in total. The lowest BCUT2D eigenvalue weighted by molar-refractivity contribution is 0.352. The van der Waals surface area contributed by atoms with Gasteiger partial charge in [-0.1, -0.05) is 13.8 Å². The number of rotatable bonds is 3. The van der Waals surface area contributed by atoms with Crippen molar-refractivity contribution in [2.45, 2.75) is 26.7 Å². The molecule has 1 fully saturated rings. The predicted octanol–water partition coefficient (Wildman–Crippen LogP) is 1.83. The van der Waals surface area contributed by atoms with Gasteiger partial charge in [0.1, 0.15) is 11.5 Å². The molecule has 1 aliphatic rings. The van der Waals surface area contributed by atoms with Crippen LogP contribution >= 0.6 is 0 Å². The number of aromatic amines is 1. The van der Waals surface area contributed by atoms with Gasteiger partial charge in [0.2, 0.25) is 5.95 Å². The summed E-state index contributed by atoms with van der Waals surface area (Å²) in [5, 5.41) is 8.27. The molecule has 2 unspecified atom stereocenters. The Kier molecular flexibility index (Phi) is 3.77. The van der Waals surface area contributed by atoms with Crippen LogP contribution in [0.3, 0.4) is 0 Å². The van der Waals surface area contributed by atoms with E-state index in [-0.39, 0.29) is 5.56 Å². The van der Waals surface area contributed by atoms with Gasteiger partial charge in [0.25, 0.3) is 5.56 Å². The molecule has 6 heteroatoms. The van der Waals surface area contributed by atoms with Crippen LogP contribution in [0.15, 0.2) is 27.6 Å². The summed E-state index contributed by atoms with van der Waals surface area (Å²) in [6.07, 6.45) is 3.16. The molecule has 1 N–H and O–H groups in total. The molecule has 1 aliphatic heterocycles. The minimum Gasteiger partial charge on any atom is -0.469 e. The normalized spacial score (nSPS) is 22.5. The molecule has 0 aliphatic carbocycles. The number of aromatic nitrogens is 3. The predicted molar refractivity (Wildman–Crippen MR) is 79.3 cm³/mol. The van der Waals surface area contributed by atoms with E-state index in [1.54, 1.807) is 12.3 Å². The molecule has 3 heterocycles. The molecule has 0 bridgehead atoms. The quantitative estimate of drug-likeness (QED) is 0.932. The second kappa shape index (κ2) is 5.71.